The Balaban J connectivity index is 1.50. The third kappa shape index (κ3) is 3.80. The topological polar surface area (TPSA) is 49.9 Å². The first-order valence-electron chi connectivity index (χ1n) is 12.0. The van der Waals surface area contributed by atoms with Gasteiger partial charge in [-0.1, -0.05) is 73.6 Å². The predicted octanol–water partition coefficient (Wildman–Crippen LogP) is 6.00. The molecule has 34 heavy (non-hydrogen) atoms. The lowest BCUT2D eigenvalue weighted by Gasteiger charge is -2.30. The molecular weight excluding hydrogens is 438 g/mol. The molecule has 6 rings (SSSR count). The summed E-state index contributed by atoms with van der Waals surface area (Å²) >= 11 is 1.56. The molecule has 170 valence electrons. The van der Waals surface area contributed by atoms with Crippen LogP contribution < -0.4 is 15.4 Å². The van der Waals surface area contributed by atoms with Crippen LogP contribution in [-0.2, 0) is 0 Å². The van der Waals surface area contributed by atoms with Crippen LogP contribution in [0.2, 0.25) is 0 Å². The van der Waals surface area contributed by atoms with E-state index in [-0.39, 0.29) is 6.04 Å². The van der Waals surface area contributed by atoms with Crippen LogP contribution >= 0.6 is 11.3 Å². The molecule has 0 spiro atoms. The maximum atomic E-state index is 11.4. The first kappa shape index (κ1) is 21.1. The highest BCUT2D eigenvalue weighted by Crippen LogP contribution is 2.37. The summed E-state index contributed by atoms with van der Waals surface area (Å²) in [5.41, 5.74) is 4.22. The first-order chi connectivity index (χ1) is 16.7. The van der Waals surface area contributed by atoms with Crippen LogP contribution in [0.15, 0.2) is 82.8 Å². The Kier molecular flexibility index (Phi) is 5.42. The standard InChI is InChI=1S/C29H27N3OS/c1-19-9-5-8-14-26(19)32-28(33)27(34-29(32)30-21-10-3-2-4-11-21)18-20-15-16-25-23(17-20)22-12-6-7-13-24(22)31-25/h2-4,6-7,10-13,15-19,26,33H,5,8-9,14H2,1H3/t19-,26+/m0/s1. The third-order valence-corrected chi connectivity index (χ3v) is 7.98. The van der Waals surface area contributed by atoms with E-state index in [1.807, 2.05) is 36.4 Å². The summed E-state index contributed by atoms with van der Waals surface area (Å²) in [6.45, 7) is 2.30. The average Bonchev–Trinajstić information content (AvgIpc) is 3.37. The molecule has 1 aliphatic carbocycles. The van der Waals surface area contributed by atoms with Gasteiger partial charge in [-0.3, -0.25) is 4.57 Å². The van der Waals surface area contributed by atoms with Crippen LogP contribution in [0.4, 0.5) is 11.4 Å². The van der Waals surface area contributed by atoms with Gasteiger partial charge < -0.3 is 5.11 Å². The zero-order valence-corrected chi connectivity index (χ0v) is 20.0. The molecule has 5 heteroatoms. The highest BCUT2D eigenvalue weighted by molar-refractivity contribution is 7.10. The van der Waals surface area contributed by atoms with Gasteiger partial charge in [0.1, 0.15) is 0 Å². The zero-order chi connectivity index (χ0) is 23.1. The van der Waals surface area contributed by atoms with E-state index in [1.54, 1.807) is 11.3 Å². The number of hydrogen-bond donors (Lipinski definition) is 1. The smallest absolute Gasteiger partial charge is 0.211 e. The Morgan fingerprint density at radius 1 is 0.971 bits per heavy atom. The van der Waals surface area contributed by atoms with E-state index in [2.05, 4.69) is 54.0 Å². The summed E-state index contributed by atoms with van der Waals surface area (Å²) in [6, 6.07) is 24.8. The van der Waals surface area contributed by atoms with Crippen molar-refractivity contribution in [2.75, 3.05) is 0 Å². The van der Waals surface area contributed by atoms with Gasteiger partial charge in [-0.05, 0) is 60.4 Å². The predicted molar refractivity (Wildman–Crippen MR) is 138 cm³/mol. The lowest BCUT2D eigenvalue weighted by molar-refractivity contribution is 0.234. The molecule has 1 aromatic heterocycles. The summed E-state index contributed by atoms with van der Waals surface area (Å²) in [5.74, 6) is 0.832. The maximum absolute atomic E-state index is 11.4. The number of nitrogens with zero attached hydrogens (tertiary/aromatic N) is 3. The van der Waals surface area contributed by atoms with Gasteiger partial charge in [0.2, 0.25) is 5.88 Å². The number of rotatable bonds is 3. The molecule has 4 nitrogen and oxygen atoms in total. The summed E-state index contributed by atoms with van der Waals surface area (Å²) < 4.78 is 2.09. The molecule has 1 saturated carbocycles. The van der Waals surface area contributed by atoms with Crippen LogP contribution in [0.1, 0.15) is 43.5 Å². The van der Waals surface area contributed by atoms with Crippen molar-refractivity contribution in [3.63, 3.8) is 0 Å². The first-order valence-corrected chi connectivity index (χ1v) is 12.8. The number of aromatic nitrogens is 1. The van der Waals surface area contributed by atoms with Gasteiger partial charge in [0, 0.05) is 17.2 Å². The summed E-state index contributed by atoms with van der Waals surface area (Å²) in [4.78, 5) is 11.4. The molecule has 0 bridgehead atoms. The summed E-state index contributed by atoms with van der Waals surface area (Å²) in [5, 5.41) is 13.5. The van der Waals surface area contributed by atoms with Gasteiger partial charge in [0.25, 0.3) is 0 Å². The van der Waals surface area contributed by atoms with Crippen molar-refractivity contribution in [3.8, 4) is 17.0 Å². The van der Waals surface area contributed by atoms with Crippen molar-refractivity contribution in [1.82, 2.24) is 4.57 Å². The van der Waals surface area contributed by atoms with Crippen molar-refractivity contribution in [2.24, 2.45) is 15.9 Å². The fraction of sp³-hybridized carbons (Fsp3) is 0.241. The number of fused-ring (bicyclic) bond motifs is 3. The monoisotopic (exact) mass is 465 g/mol. The molecule has 2 heterocycles. The van der Waals surface area contributed by atoms with E-state index >= 15 is 0 Å². The Morgan fingerprint density at radius 2 is 1.76 bits per heavy atom. The van der Waals surface area contributed by atoms with Crippen LogP contribution in [0.3, 0.4) is 0 Å². The van der Waals surface area contributed by atoms with Crippen LogP contribution in [0.25, 0.3) is 17.2 Å². The Hall–Kier alpha value is -3.44. The molecule has 0 radical (unpaired) electrons. The molecule has 1 fully saturated rings. The van der Waals surface area contributed by atoms with Crippen LogP contribution in [0, 0.1) is 5.92 Å². The second-order valence-electron chi connectivity index (χ2n) is 9.27. The number of aromatic hydroxyl groups is 1. The summed E-state index contributed by atoms with van der Waals surface area (Å²) in [6.07, 6.45) is 6.79. The maximum Gasteiger partial charge on any atom is 0.211 e. The van der Waals surface area contributed by atoms with Crippen molar-refractivity contribution in [2.45, 2.75) is 38.6 Å². The molecule has 2 atom stereocenters. The normalized spacial score (nSPS) is 20.1. The number of thiazole rings is 1. The number of benzene rings is 3. The number of para-hydroxylation sites is 2. The van der Waals surface area contributed by atoms with Gasteiger partial charge in [0.15, 0.2) is 4.80 Å². The molecule has 0 amide bonds. The van der Waals surface area contributed by atoms with E-state index in [9.17, 15) is 5.11 Å². The fourth-order valence-corrected chi connectivity index (χ4v) is 6.25. The Labute approximate surface area is 202 Å². The molecule has 1 N–H and O–H groups in total. The van der Waals surface area contributed by atoms with Crippen LogP contribution in [0.5, 0.6) is 5.88 Å². The van der Waals surface area contributed by atoms with Gasteiger partial charge in [-0.15, -0.1) is 0 Å². The Bertz CT molecular complexity index is 1550. The SMILES string of the molecule is C[C@H]1CCCC[C@H]1n1c(O)c(C=c2ccc3c(c2)-c2ccccc2N=3)sc1=Nc1ccccc1. The quantitative estimate of drug-likeness (QED) is 0.349. The van der Waals surface area contributed by atoms with Crippen molar-refractivity contribution >= 4 is 28.8 Å². The molecule has 4 aromatic rings. The summed E-state index contributed by atoms with van der Waals surface area (Å²) in [7, 11) is 0. The highest BCUT2D eigenvalue weighted by Gasteiger charge is 2.27. The molecule has 0 saturated heterocycles. The minimum atomic E-state index is 0.264. The highest BCUT2D eigenvalue weighted by atomic mass is 32.1. The Morgan fingerprint density at radius 3 is 2.62 bits per heavy atom. The fourth-order valence-electron chi connectivity index (χ4n) is 5.20. The van der Waals surface area contributed by atoms with E-state index in [1.165, 1.54) is 19.3 Å². The van der Waals surface area contributed by atoms with Gasteiger partial charge in [-0.25, -0.2) is 9.98 Å². The van der Waals surface area contributed by atoms with Gasteiger partial charge >= 0.3 is 0 Å². The lowest BCUT2D eigenvalue weighted by atomic mass is 9.86. The molecular formula is C29H27N3OS. The van der Waals surface area contributed by atoms with Crippen molar-refractivity contribution in [3.05, 3.63) is 93.1 Å². The average molecular weight is 466 g/mol. The van der Waals surface area contributed by atoms with E-state index < -0.39 is 0 Å². The van der Waals surface area contributed by atoms with Crippen LogP contribution in [-0.4, -0.2) is 9.67 Å². The van der Waals surface area contributed by atoms with E-state index in [0.717, 1.165) is 49.2 Å². The van der Waals surface area contributed by atoms with Crippen molar-refractivity contribution in [1.29, 1.82) is 0 Å². The molecule has 2 aliphatic rings. The third-order valence-electron chi connectivity index (χ3n) is 6.99. The molecule has 3 aromatic carbocycles. The zero-order valence-electron chi connectivity index (χ0n) is 19.2. The van der Waals surface area contributed by atoms with Gasteiger partial charge in [-0.2, -0.15) is 0 Å². The van der Waals surface area contributed by atoms with Gasteiger partial charge in [0.05, 0.1) is 21.6 Å². The number of hydrogen-bond acceptors (Lipinski definition) is 4. The minimum Gasteiger partial charge on any atom is -0.493 e. The minimum absolute atomic E-state index is 0.264. The second kappa shape index (κ2) is 8.73. The van der Waals surface area contributed by atoms with E-state index in [0.29, 0.717) is 11.8 Å². The molecule has 0 unspecified atom stereocenters. The van der Waals surface area contributed by atoms with E-state index in [4.69, 9.17) is 9.98 Å². The largest absolute Gasteiger partial charge is 0.493 e. The molecule has 1 aliphatic heterocycles. The van der Waals surface area contributed by atoms with Crippen molar-refractivity contribution < 1.29 is 5.11 Å². The lowest BCUT2D eigenvalue weighted by Crippen LogP contribution is -2.27. The second-order valence-corrected chi connectivity index (χ2v) is 10.3.